The fourth-order valence-electron chi connectivity index (χ4n) is 1.56. The Kier molecular flexibility index (Phi) is 2.66. The van der Waals surface area contributed by atoms with Gasteiger partial charge in [0.2, 0.25) is 5.89 Å². The standard InChI is InChI=1S/C12H6ClN2OS/c13-9-3-1-8(2-4-9)11-10(5-6-17-11)12-15-14-7-16-12/h1-6H. The molecule has 0 unspecified atom stereocenters. The second-order valence-electron chi connectivity index (χ2n) is 3.37. The summed E-state index contributed by atoms with van der Waals surface area (Å²) in [5, 5.41) is 10.1. The molecule has 5 heteroatoms. The fraction of sp³-hybridized carbons (Fsp3) is 0. The van der Waals surface area contributed by atoms with Crippen molar-refractivity contribution in [3.05, 3.63) is 47.1 Å². The number of benzene rings is 1. The highest BCUT2D eigenvalue weighted by Gasteiger charge is 2.13. The topological polar surface area (TPSA) is 38.9 Å². The van der Waals surface area contributed by atoms with Gasteiger partial charge in [-0.25, -0.2) is 0 Å². The van der Waals surface area contributed by atoms with Crippen LogP contribution in [0.4, 0.5) is 0 Å². The molecular formula is C12H6ClN2OS. The number of nitrogens with zero attached hydrogens (tertiary/aromatic N) is 2. The lowest BCUT2D eigenvalue weighted by Gasteiger charge is -2.00. The predicted octanol–water partition coefficient (Wildman–Crippen LogP) is 3.92. The molecule has 0 saturated carbocycles. The van der Waals surface area contributed by atoms with E-state index in [9.17, 15) is 0 Å². The number of aromatic nitrogens is 2. The number of halogens is 1. The molecule has 0 atom stereocenters. The Morgan fingerprint density at radius 1 is 1.18 bits per heavy atom. The van der Waals surface area contributed by atoms with E-state index in [4.69, 9.17) is 16.0 Å². The van der Waals surface area contributed by atoms with E-state index in [-0.39, 0.29) is 0 Å². The summed E-state index contributed by atoms with van der Waals surface area (Å²) in [6.45, 7) is 0. The van der Waals surface area contributed by atoms with E-state index in [1.54, 1.807) is 11.3 Å². The first-order chi connectivity index (χ1) is 8.34. The van der Waals surface area contributed by atoms with Crippen molar-refractivity contribution < 1.29 is 4.42 Å². The van der Waals surface area contributed by atoms with Gasteiger partial charge in [0.15, 0.2) is 0 Å². The Hall–Kier alpha value is -1.65. The molecule has 0 saturated heterocycles. The molecule has 17 heavy (non-hydrogen) atoms. The number of hydrogen-bond acceptors (Lipinski definition) is 4. The van der Waals surface area contributed by atoms with Crippen molar-refractivity contribution in [3.63, 3.8) is 0 Å². The van der Waals surface area contributed by atoms with E-state index < -0.39 is 0 Å². The molecule has 2 heterocycles. The molecule has 3 nitrogen and oxygen atoms in total. The molecule has 0 bridgehead atoms. The van der Waals surface area contributed by atoms with Crippen molar-refractivity contribution in [2.75, 3.05) is 0 Å². The summed E-state index contributed by atoms with van der Waals surface area (Å²) in [5.41, 5.74) is 2.00. The number of rotatable bonds is 2. The minimum atomic E-state index is 0.483. The Bertz CT molecular complexity index is 616. The van der Waals surface area contributed by atoms with E-state index in [2.05, 4.69) is 16.6 Å². The zero-order chi connectivity index (χ0) is 11.7. The molecule has 0 N–H and O–H groups in total. The summed E-state index contributed by atoms with van der Waals surface area (Å²) in [6.07, 6.45) is 2.35. The van der Waals surface area contributed by atoms with Gasteiger partial charge in [-0.15, -0.1) is 21.5 Å². The van der Waals surface area contributed by atoms with Crippen LogP contribution in [0.5, 0.6) is 0 Å². The van der Waals surface area contributed by atoms with Gasteiger partial charge in [-0.05, 0) is 29.1 Å². The van der Waals surface area contributed by atoms with Crippen molar-refractivity contribution in [1.82, 2.24) is 10.2 Å². The summed E-state index contributed by atoms with van der Waals surface area (Å²) < 4.78 is 5.10. The second-order valence-corrected chi connectivity index (χ2v) is 4.72. The van der Waals surface area contributed by atoms with Crippen LogP contribution in [0, 0.1) is 6.39 Å². The van der Waals surface area contributed by atoms with Crippen molar-refractivity contribution in [2.45, 2.75) is 0 Å². The van der Waals surface area contributed by atoms with E-state index in [1.807, 2.05) is 35.7 Å². The second kappa shape index (κ2) is 4.31. The minimum absolute atomic E-state index is 0.483. The average molecular weight is 262 g/mol. The first-order valence-corrected chi connectivity index (χ1v) is 6.14. The van der Waals surface area contributed by atoms with Crippen LogP contribution in [-0.2, 0) is 0 Å². The molecule has 0 fully saturated rings. The largest absolute Gasteiger partial charge is 0.412 e. The van der Waals surface area contributed by atoms with Gasteiger partial charge in [0, 0.05) is 9.90 Å². The molecule has 0 spiro atoms. The Labute approximate surface area is 107 Å². The molecule has 0 aliphatic carbocycles. The van der Waals surface area contributed by atoms with Gasteiger partial charge < -0.3 is 4.42 Å². The third kappa shape index (κ3) is 1.97. The lowest BCUT2D eigenvalue weighted by Crippen LogP contribution is -1.79. The van der Waals surface area contributed by atoms with E-state index in [0.717, 1.165) is 21.0 Å². The summed E-state index contributed by atoms with van der Waals surface area (Å²) in [6, 6.07) is 9.62. The molecule has 83 valence electrons. The average Bonchev–Trinajstić information content (AvgIpc) is 3.00. The van der Waals surface area contributed by atoms with Crippen LogP contribution in [0.25, 0.3) is 21.9 Å². The highest BCUT2D eigenvalue weighted by Crippen LogP contribution is 2.35. The van der Waals surface area contributed by atoms with Crippen molar-refractivity contribution in [2.24, 2.45) is 0 Å². The van der Waals surface area contributed by atoms with Gasteiger partial charge in [0.1, 0.15) is 0 Å². The molecule has 0 amide bonds. The van der Waals surface area contributed by atoms with Crippen LogP contribution >= 0.6 is 22.9 Å². The highest BCUT2D eigenvalue weighted by atomic mass is 35.5. The Balaban J connectivity index is 2.10. The molecule has 3 aromatic rings. The van der Waals surface area contributed by atoms with Gasteiger partial charge in [0.25, 0.3) is 0 Å². The molecule has 1 aromatic carbocycles. The van der Waals surface area contributed by atoms with Crippen molar-refractivity contribution >= 4 is 22.9 Å². The maximum absolute atomic E-state index is 5.87. The zero-order valence-electron chi connectivity index (χ0n) is 8.55. The predicted molar refractivity (Wildman–Crippen MR) is 66.9 cm³/mol. The van der Waals surface area contributed by atoms with Gasteiger partial charge in [-0.3, -0.25) is 0 Å². The van der Waals surface area contributed by atoms with E-state index in [0.29, 0.717) is 5.89 Å². The minimum Gasteiger partial charge on any atom is -0.412 e. The quantitative estimate of drug-likeness (QED) is 0.702. The SMILES string of the molecule is Clc1ccc(-c2sccc2-c2nn[c]o2)cc1. The molecule has 3 rings (SSSR count). The number of hydrogen-bond donors (Lipinski definition) is 0. The fourth-order valence-corrected chi connectivity index (χ4v) is 2.58. The van der Waals surface area contributed by atoms with E-state index >= 15 is 0 Å². The lowest BCUT2D eigenvalue weighted by atomic mass is 10.1. The van der Waals surface area contributed by atoms with Crippen LogP contribution < -0.4 is 0 Å². The third-order valence-electron chi connectivity index (χ3n) is 2.33. The van der Waals surface area contributed by atoms with Crippen molar-refractivity contribution in [1.29, 1.82) is 0 Å². The molecule has 0 aliphatic rings. The van der Waals surface area contributed by atoms with Gasteiger partial charge in [0.05, 0.1) is 5.56 Å². The Morgan fingerprint density at radius 2 is 2.00 bits per heavy atom. The normalized spacial score (nSPS) is 10.6. The smallest absolute Gasteiger partial charge is 0.306 e. The third-order valence-corrected chi connectivity index (χ3v) is 3.54. The van der Waals surface area contributed by atoms with E-state index in [1.165, 1.54) is 0 Å². The van der Waals surface area contributed by atoms with Crippen LogP contribution in [-0.4, -0.2) is 10.2 Å². The van der Waals surface area contributed by atoms with Crippen molar-refractivity contribution in [3.8, 4) is 21.9 Å². The maximum atomic E-state index is 5.87. The summed E-state index contributed by atoms with van der Waals surface area (Å²) in [4.78, 5) is 1.08. The van der Waals surface area contributed by atoms with Crippen LogP contribution in [0.2, 0.25) is 5.02 Å². The molecule has 0 aliphatic heterocycles. The first-order valence-electron chi connectivity index (χ1n) is 4.88. The summed E-state index contributed by atoms with van der Waals surface area (Å²) in [7, 11) is 0. The van der Waals surface area contributed by atoms with Gasteiger partial charge in [-0.1, -0.05) is 23.7 Å². The van der Waals surface area contributed by atoms with Crippen LogP contribution in [0.15, 0.2) is 40.1 Å². The maximum Gasteiger partial charge on any atom is 0.306 e. The lowest BCUT2D eigenvalue weighted by molar-refractivity contribution is 0.559. The summed E-state index contributed by atoms with van der Waals surface area (Å²) >= 11 is 7.49. The molecule has 1 radical (unpaired) electrons. The summed E-state index contributed by atoms with van der Waals surface area (Å²) in [5.74, 6) is 0.483. The monoisotopic (exact) mass is 261 g/mol. The highest BCUT2D eigenvalue weighted by molar-refractivity contribution is 7.14. The number of thiophene rings is 1. The van der Waals surface area contributed by atoms with Crippen LogP contribution in [0.1, 0.15) is 0 Å². The zero-order valence-corrected chi connectivity index (χ0v) is 10.1. The molecule has 2 aromatic heterocycles. The van der Waals surface area contributed by atoms with Gasteiger partial charge in [-0.2, -0.15) is 0 Å². The van der Waals surface area contributed by atoms with Crippen LogP contribution in [0.3, 0.4) is 0 Å². The first kappa shape index (κ1) is 10.5. The molecular weight excluding hydrogens is 256 g/mol. The Morgan fingerprint density at radius 3 is 2.71 bits per heavy atom. The van der Waals surface area contributed by atoms with Gasteiger partial charge >= 0.3 is 6.39 Å².